The molecule has 2 aromatic carbocycles. The monoisotopic (exact) mass is 400 g/mol. The molecule has 7 heteroatoms. The summed E-state index contributed by atoms with van der Waals surface area (Å²) in [6.07, 6.45) is -0.606. The number of rotatable bonds is 5. The summed E-state index contributed by atoms with van der Waals surface area (Å²) in [6.45, 7) is 4.77. The molecule has 0 unspecified atom stereocenters. The van der Waals surface area contributed by atoms with Crippen LogP contribution >= 0.6 is 11.6 Å². The van der Waals surface area contributed by atoms with Crippen molar-refractivity contribution >= 4 is 29.5 Å². The first kappa shape index (κ1) is 19.9. The van der Waals surface area contributed by atoms with Gasteiger partial charge in [0, 0.05) is 10.6 Å². The number of esters is 1. The Kier molecular flexibility index (Phi) is 5.42. The number of carbonyl (C=O) groups is 3. The number of nitrogens with zero attached hydrogens (tertiary/aromatic N) is 1. The molecule has 0 saturated carbocycles. The fraction of sp³-hybridized carbons (Fsp3) is 0.286. The van der Waals surface area contributed by atoms with Crippen LogP contribution in [0, 0.1) is 6.92 Å². The average Bonchev–Trinajstić information content (AvgIpc) is 2.86. The molecule has 0 bridgehead atoms. The highest BCUT2D eigenvalue weighted by atomic mass is 35.5. The van der Waals surface area contributed by atoms with Gasteiger partial charge in [0.25, 0.3) is 5.91 Å². The third kappa shape index (κ3) is 3.73. The molecule has 1 aliphatic heterocycles. The molecule has 0 aromatic heterocycles. The molecule has 1 N–H and O–H groups in total. The predicted molar refractivity (Wildman–Crippen MR) is 105 cm³/mol. The van der Waals surface area contributed by atoms with Gasteiger partial charge in [-0.15, -0.1) is 0 Å². The molecule has 28 heavy (non-hydrogen) atoms. The smallest absolute Gasteiger partial charge is 0.326 e. The molecule has 146 valence electrons. The number of ether oxygens (including phenoxy) is 1. The maximum absolute atomic E-state index is 12.9. The third-order valence-electron chi connectivity index (χ3n) is 4.84. The Bertz CT molecular complexity index is 928. The second kappa shape index (κ2) is 7.64. The molecule has 3 amide bonds. The highest BCUT2D eigenvalue weighted by Gasteiger charge is 2.49. The third-order valence-corrected chi connectivity index (χ3v) is 5.19. The molecule has 1 heterocycles. The van der Waals surface area contributed by atoms with Crippen LogP contribution in [0.2, 0.25) is 5.02 Å². The minimum atomic E-state index is -1.22. The number of imide groups is 1. The van der Waals surface area contributed by atoms with E-state index < -0.39 is 36.1 Å². The SMILES string of the molecule is Cc1ccc([C@]2(C)NC(=O)N(CC(=O)O[C@H](C)c3ccccc3Cl)C2=O)cc1. The van der Waals surface area contributed by atoms with Crippen LogP contribution in [0.3, 0.4) is 0 Å². The zero-order valence-corrected chi connectivity index (χ0v) is 16.6. The van der Waals surface area contributed by atoms with Crippen molar-refractivity contribution in [2.24, 2.45) is 0 Å². The Labute approximate surface area is 168 Å². The van der Waals surface area contributed by atoms with Gasteiger partial charge >= 0.3 is 12.0 Å². The number of nitrogens with one attached hydrogen (secondary N) is 1. The molecule has 0 spiro atoms. The summed E-state index contributed by atoms with van der Waals surface area (Å²) in [5, 5.41) is 3.15. The molecule has 2 aromatic rings. The van der Waals surface area contributed by atoms with Crippen molar-refractivity contribution in [3.8, 4) is 0 Å². The minimum Gasteiger partial charge on any atom is -0.456 e. The van der Waals surface area contributed by atoms with Crippen molar-refractivity contribution in [2.45, 2.75) is 32.4 Å². The first-order valence-corrected chi connectivity index (χ1v) is 9.25. The van der Waals surface area contributed by atoms with Crippen LogP contribution in [-0.4, -0.2) is 29.4 Å². The van der Waals surface area contributed by atoms with Crippen LogP contribution in [0.15, 0.2) is 48.5 Å². The van der Waals surface area contributed by atoms with Gasteiger partial charge in [0.05, 0.1) is 0 Å². The molecule has 1 saturated heterocycles. The lowest BCUT2D eigenvalue weighted by Crippen LogP contribution is -2.41. The molecular formula is C21H21ClN2O4. The lowest BCUT2D eigenvalue weighted by Gasteiger charge is -2.22. The summed E-state index contributed by atoms with van der Waals surface area (Å²) in [7, 11) is 0. The first-order chi connectivity index (χ1) is 13.2. The number of urea groups is 1. The molecule has 1 fully saturated rings. The van der Waals surface area contributed by atoms with E-state index in [2.05, 4.69) is 5.32 Å². The van der Waals surface area contributed by atoms with Gasteiger partial charge in [0.2, 0.25) is 0 Å². The van der Waals surface area contributed by atoms with E-state index >= 15 is 0 Å². The predicted octanol–water partition coefficient (Wildman–Crippen LogP) is 3.72. The zero-order valence-electron chi connectivity index (χ0n) is 15.9. The number of carbonyl (C=O) groups excluding carboxylic acids is 3. The van der Waals surface area contributed by atoms with E-state index in [1.54, 1.807) is 50.2 Å². The van der Waals surface area contributed by atoms with Crippen molar-refractivity contribution in [3.63, 3.8) is 0 Å². The van der Waals surface area contributed by atoms with Crippen LogP contribution in [0.25, 0.3) is 0 Å². The van der Waals surface area contributed by atoms with Gasteiger partial charge in [0.1, 0.15) is 18.2 Å². The standard InChI is InChI=1S/C21H21ClN2O4/c1-13-8-10-15(11-9-13)21(3)19(26)24(20(27)23-21)12-18(25)28-14(2)16-6-4-5-7-17(16)22/h4-11,14H,12H2,1-3H3,(H,23,27)/t14-,21+/m1/s1. The molecule has 0 aliphatic carbocycles. The lowest BCUT2D eigenvalue weighted by atomic mass is 9.91. The van der Waals surface area contributed by atoms with Crippen LogP contribution in [0.1, 0.15) is 36.6 Å². The average molecular weight is 401 g/mol. The minimum absolute atomic E-state index is 0.471. The van der Waals surface area contributed by atoms with Crippen molar-refractivity contribution < 1.29 is 19.1 Å². The molecule has 3 rings (SSSR count). The van der Waals surface area contributed by atoms with Crippen LogP contribution in [-0.2, 0) is 19.9 Å². The normalized spacial score (nSPS) is 20.1. The maximum Gasteiger partial charge on any atom is 0.326 e. The Hall–Kier alpha value is -2.86. The molecular weight excluding hydrogens is 380 g/mol. The zero-order chi connectivity index (χ0) is 20.5. The van der Waals surface area contributed by atoms with Gasteiger partial charge in [-0.3, -0.25) is 14.5 Å². The van der Waals surface area contributed by atoms with E-state index in [9.17, 15) is 14.4 Å². The van der Waals surface area contributed by atoms with Crippen molar-refractivity contribution in [1.29, 1.82) is 0 Å². The maximum atomic E-state index is 12.9. The number of hydrogen-bond acceptors (Lipinski definition) is 4. The van der Waals surface area contributed by atoms with E-state index in [4.69, 9.17) is 16.3 Å². The van der Waals surface area contributed by atoms with Crippen LogP contribution < -0.4 is 5.32 Å². The largest absolute Gasteiger partial charge is 0.456 e. The lowest BCUT2D eigenvalue weighted by molar-refractivity contribution is -0.152. The van der Waals surface area contributed by atoms with E-state index in [0.29, 0.717) is 16.1 Å². The highest BCUT2D eigenvalue weighted by Crippen LogP contribution is 2.29. The van der Waals surface area contributed by atoms with E-state index in [1.165, 1.54) is 0 Å². The summed E-state index contributed by atoms with van der Waals surface area (Å²) in [4.78, 5) is 38.4. The number of benzene rings is 2. The molecule has 0 radical (unpaired) electrons. The Morgan fingerprint density at radius 3 is 2.46 bits per heavy atom. The number of halogens is 1. The quantitative estimate of drug-likeness (QED) is 0.613. The van der Waals surface area contributed by atoms with Crippen molar-refractivity contribution in [1.82, 2.24) is 10.2 Å². The molecule has 6 nitrogen and oxygen atoms in total. The summed E-state index contributed by atoms with van der Waals surface area (Å²) in [5.41, 5.74) is 1.12. The van der Waals surface area contributed by atoms with Gasteiger partial charge in [0.15, 0.2) is 0 Å². The van der Waals surface area contributed by atoms with Gasteiger partial charge in [-0.25, -0.2) is 4.79 Å². The van der Waals surface area contributed by atoms with Crippen LogP contribution in [0.4, 0.5) is 4.79 Å². The second-order valence-electron chi connectivity index (χ2n) is 6.97. The highest BCUT2D eigenvalue weighted by molar-refractivity contribution is 6.31. The van der Waals surface area contributed by atoms with Crippen molar-refractivity contribution in [2.75, 3.05) is 6.54 Å². The fourth-order valence-electron chi connectivity index (χ4n) is 3.15. The Morgan fingerprint density at radius 1 is 1.18 bits per heavy atom. The van der Waals surface area contributed by atoms with Gasteiger partial charge in [-0.2, -0.15) is 0 Å². The fourth-order valence-corrected chi connectivity index (χ4v) is 3.44. The number of amides is 3. The van der Waals surface area contributed by atoms with E-state index in [1.807, 2.05) is 19.1 Å². The van der Waals surface area contributed by atoms with E-state index in [-0.39, 0.29) is 0 Å². The van der Waals surface area contributed by atoms with E-state index in [0.717, 1.165) is 10.5 Å². The summed E-state index contributed by atoms with van der Waals surface area (Å²) < 4.78 is 5.37. The molecule has 1 aliphatic rings. The van der Waals surface area contributed by atoms with Gasteiger partial charge in [-0.1, -0.05) is 59.6 Å². The summed E-state index contributed by atoms with van der Waals surface area (Å²) in [5.74, 6) is -1.19. The summed E-state index contributed by atoms with van der Waals surface area (Å²) >= 11 is 6.12. The summed E-state index contributed by atoms with van der Waals surface area (Å²) in [6, 6.07) is 13.7. The first-order valence-electron chi connectivity index (χ1n) is 8.87. The van der Waals surface area contributed by atoms with Gasteiger partial charge in [-0.05, 0) is 32.4 Å². The Morgan fingerprint density at radius 2 is 1.82 bits per heavy atom. The number of hydrogen-bond donors (Lipinski definition) is 1. The van der Waals surface area contributed by atoms with Crippen molar-refractivity contribution in [3.05, 3.63) is 70.2 Å². The van der Waals surface area contributed by atoms with Crippen LogP contribution in [0.5, 0.6) is 0 Å². The Balaban J connectivity index is 1.71. The second-order valence-corrected chi connectivity index (χ2v) is 7.37. The van der Waals surface area contributed by atoms with Gasteiger partial charge < -0.3 is 10.1 Å². The molecule has 2 atom stereocenters. The topological polar surface area (TPSA) is 75.7 Å². The number of aryl methyl sites for hydroxylation is 1.